The lowest BCUT2D eigenvalue weighted by atomic mass is 10.0. The molecule has 0 unspecified atom stereocenters. The molecule has 1 N–H and O–H groups in total. The Morgan fingerprint density at radius 2 is 2.05 bits per heavy atom. The first-order chi connectivity index (χ1) is 8.74. The fraction of sp³-hybridized carbons (Fsp3) is 0.667. The number of aryl methyl sites for hydroxylation is 1. The minimum atomic E-state index is -3.52. The smallest absolute Gasteiger partial charge is 0.244 e. The highest BCUT2D eigenvalue weighted by Crippen LogP contribution is 2.34. The summed E-state index contributed by atoms with van der Waals surface area (Å²) in [6.07, 6.45) is 3.29. The standard InChI is InChI=1S/C12H18BrNO3S2/c1-9-10(7-11(13)18-9)19(16,17)14(2)8-12(15)5-3-4-6-12/h7,15H,3-6,8H2,1-2H3. The third-order valence-corrected chi connectivity index (χ3v) is 7.19. The second-order valence-electron chi connectivity index (χ2n) is 5.16. The van der Waals surface area contributed by atoms with E-state index < -0.39 is 15.6 Å². The van der Waals surface area contributed by atoms with Gasteiger partial charge >= 0.3 is 0 Å². The van der Waals surface area contributed by atoms with Crippen molar-refractivity contribution in [1.29, 1.82) is 0 Å². The van der Waals surface area contributed by atoms with Gasteiger partial charge < -0.3 is 5.11 Å². The molecule has 1 fully saturated rings. The van der Waals surface area contributed by atoms with Gasteiger partial charge in [0.15, 0.2) is 0 Å². The second-order valence-corrected chi connectivity index (χ2v) is 9.81. The number of hydrogen-bond acceptors (Lipinski definition) is 4. The van der Waals surface area contributed by atoms with E-state index in [1.165, 1.54) is 22.7 Å². The van der Waals surface area contributed by atoms with Crippen molar-refractivity contribution in [1.82, 2.24) is 4.31 Å². The van der Waals surface area contributed by atoms with Crippen LogP contribution in [0.4, 0.5) is 0 Å². The highest BCUT2D eigenvalue weighted by molar-refractivity contribution is 9.11. The van der Waals surface area contributed by atoms with E-state index in [4.69, 9.17) is 0 Å². The number of sulfonamides is 1. The molecule has 0 aliphatic heterocycles. The molecule has 0 aromatic carbocycles. The van der Waals surface area contributed by atoms with E-state index in [2.05, 4.69) is 15.9 Å². The quantitative estimate of drug-likeness (QED) is 0.889. The first-order valence-electron chi connectivity index (χ1n) is 6.19. The molecule has 7 heteroatoms. The van der Waals surface area contributed by atoms with E-state index >= 15 is 0 Å². The van der Waals surface area contributed by atoms with E-state index in [1.54, 1.807) is 13.0 Å². The summed E-state index contributed by atoms with van der Waals surface area (Å²) in [5, 5.41) is 10.3. The van der Waals surface area contributed by atoms with Crippen molar-refractivity contribution in [2.75, 3.05) is 13.6 Å². The van der Waals surface area contributed by atoms with Gasteiger partial charge in [0.1, 0.15) is 0 Å². The van der Waals surface area contributed by atoms with Gasteiger partial charge in [-0.05, 0) is 41.8 Å². The molecule has 4 nitrogen and oxygen atoms in total. The van der Waals surface area contributed by atoms with Crippen LogP contribution in [0.3, 0.4) is 0 Å². The van der Waals surface area contributed by atoms with E-state index in [1.807, 2.05) is 0 Å². The minimum Gasteiger partial charge on any atom is -0.389 e. The molecule has 0 atom stereocenters. The van der Waals surface area contributed by atoms with Gasteiger partial charge in [-0.15, -0.1) is 11.3 Å². The zero-order valence-corrected chi connectivity index (χ0v) is 14.2. The summed E-state index contributed by atoms with van der Waals surface area (Å²) in [4.78, 5) is 1.09. The lowest BCUT2D eigenvalue weighted by Gasteiger charge is -2.28. The van der Waals surface area contributed by atoms with Gasteiger partial charge in [-0.1, -0.05) is 12.8 Å². The monoisotopic (exact) mass is 367 g/mol. The molecule has 1 aliphatic carbocycles. The zero-order chi connectivity index (χ0) is 14.3. The van der Waals surface area contributed by atoms with Crippen LogP contribution < -0.4 is 0 Å². The van der Waals surface area contributed by atoms with Gasteiger partial charge in [-0.2, -0.15) is 4.31 Å². The Morgan fingerprint density at radius 1 is 1.47 bits per heavy atom. The molecule has 0 radical (unpaired) electrons. The van der Waals surface area contributed by atoms with Gasteiger partial charge in [0, 0.05) is 18.5 Å². The van der Waals surface area contributed by atoms with Gasteiger partial charge in [0.2, 0.25) is 10.0 Å². The number of halogens is 1. The fourth-order valence-corrected chi connectivity index (χ4v) is 6.17. The maximum absolute atomic E-state index is 12.5. The SMILES string of the molecule is Cc1sc(Br)cc1S(=O)(=O)N(C)CC1(O)CCCC1. The molecule has 1 aliphatic rings. The van der Waals surface area contributed by atoms with Gasteiger partial charge in [0.05, 0.1) is 14.3 Å². The van der Waals surface area contributed by atoms with Crippen LogP contribution in [-0.4, -0.2) is 37.0 Å². The number of aliphatic hydroxyl groups is 1. The average molecular weight is 368 g/mol. The van der Waals surface area contributed by atoms with Gasteiger partial charge in [-0.3, -0.25) is 0 Å². The highest BCUT2D eigenvalue weighted by Gasteiger charge is 2.36. The lowest BCUT2D eigenvalue weighted by Crippen LogP contribution is -2.42. The summed E-state index contributed by atoms with van der Waals surface area (Å²) in [5.41, 5.74) is -0.858. The molecule has 0 bridgehead atoms. The Morgan fingerprint density at radius 3 is 2.53 bits per heavy atom. The molecular formula is C12H18BrNO3S2. The average Bonchev–Trinajstić information content (AvgIpc) is 2.85. The highest BCUT2D eigenvalue weighted by atomic mass is 79.9. The maximum Gasteiger partial charge on any atom is 0.244 e. The first-order valence-corrected chi connectivity index (χ1v) is 9.24. The van der Waals surface area contributed by atoms with Crippen molar-refractivity contribution in [2.24, 2.45) is 0 Å². The molecule has 19 heavy (non-hydrogen) atoms. The summed E-state index contributed by atoms with van der Waals surface area (Å²) < 4.78 is 27.1. The molecule has 2 rings (SSSR count). The van der Waals surface area contributed by atoms with Crippen molar-refractivity contribution in [3.63, 3.8) is 0 Å². The van der Waals surface area contributed by atoms with E-state index in [0.717, 1.165) is 21.5 Å². The summed E-state index contributed by atoms with van der Waals surface area (Å²) in [7, 11) is -1.98. The van der Waals surface area contributed by atoms with Crippen molar-refractivity contribution in [3.05, 3.63) is 14.7 Å². The van der Waals surface area contributed by atoms with E-state index in [-0.39, 0.29) is 6.54 Å². The minimum absolute atomic E-state index is 0.169. The van der Waals surface area contributed by atoms with Crippen molar-refractivity contribution in [3.8, 4) is 0 Å². The topological polar surface area (TPSA) is 57.6 Å². The first kappa shape index (κ1) is 15.4. The maximum atomic E-state index is 12.5. The van der Waals surface area contributed by atoms with E-state index in [9.17, 15) is 13.5 Å². The second kappa shape index (κ2) is 5.44. The third-order valence-electron chi connectivity index (χ3n) is 3.58. The Balaban J connectivity index is 2.22. The van der Waals surface area contributed by atoms with Crippen LogP contribution in [0.5, 0.6) is 0 Å². The summed E-state index contributed by atoms with van der Waals surface area (Å²) in [5.74, 6) is 0. The Labute approximate surface area is 126 Å². The predicted molar refractivity (Wildman–Crippen MR) is 80.0 cm³/mol. The van der Waals surface area contributed by atoms with Crippen molar-refractivity contribution < 1.29 is 13.5 Å². The van der Waals surface area contributed by atoms with Crippen LogP contribution in [0.1, 0.15) is 30.6 Å². The van der Waals surface area contributed by atoms with E-state index in [0.29, 0.717) is 17.7 Å². The lowest BCUT2D eigenvalue weighted by molar-refractivity contribution is 0.0333. The Hall–Kier alpha value is 0.0500. The van der Waals surface area contributed by atoms with Gasteiger partial charge in [-0.25, -0.2) is 8.42 Å². The van der Waals surface area contributed by atoms with Crippen LogP contribution in [-0.2, 0) is 10.0 Å². The molecule has 1 saturated carbocycles. The fourth-order valence-electron chi connectivity index (χ4n) is 2.55. The summed E-state index contributed by atoms with van der Waals surface area (Å²) >= 11 is 4.71. The number of nitrogens with zero attached hydrogens (tertiary/aromatic N) is 1. The predicted octanol–water partition coefficient (Wildman–Crippen LogP) is 2.74. The molecule has 108 valence electrons. The summed E-state index contributed by atoms with van der Waals surface area (Å²) in [6.45, 7) is 1.96. The van der Waals surface area contributed by atoms with Crippen LogP contribution in [0.25, 0.3) is 0 Å². The van der Waals surface area contributed by atoms with Gasteiger partial charge in [0.25, 0.3) is 0 Å². The van der Waals surface area contributed by atoms with Crippen LogP contribution >= 0.6 is 27.3 Å². The van der Waals surface area contributed by atoms with Crippen molar-refractivity contribution >= 4 is 37.3 Å². The number of hydrogen-bond donors (Lipinski definition) is 1. The molecule has 0 saturated heterocycles. The largest absolute Gasteiger partial charge is 0.389 e. The van der Waals surface area contributed by atoms with Crippen LogP contribution in [0.15, 0.2) is 14.7 Å². The van der Waals surface area contributed by atoms with Crippen molar-refractivity contribution in [2.45, 2.75) is 43.1 Å². The molecule has 1 heterocycles. The number of likely N-dealkylation sites (N-methyl/N-ethyl adjacent to an activating group) is 1. The Kier molecular flexibility index (Phi) is 4.42. The number of thiophene rings is 1. The normalized spacial score (nSPS) is 19.2. The molecule has 1 aromatic rings. The third kappa shape index (κ3) is 3.21. The number of rotatable bonds is 4. The molecule has 0 spiro atoms. The van der Waals surface area contributed by atoms with Crippen LogP contribution in [0.2, 0.25) is 0 Å². The summed E-state index contributed by atoms with van der Waals surface area (Å²) in [6, 6.07) is 1.63. The molecule has 1 aromatic heterocycles. The zero-order valence-electron chi connectivity index (χ0n) is 11.0. The Bertz CT molecular complexity index is 562. The molecular weight excluding hydrogens is 350 g/mol. The molecule has 0 amide bonds. The van der Waals surface area contributed by atoms with Crippen LogP contribution in [0, 0.1) is 6.92 Å².